The number of aromatic nitrogens is 2. The Morgan fingerprint density at radius 3 is 2.80 bits per heavy atom. The van der Waals surface area contributed by atoms with Gasteiger partial charge in [-0.2, -0.15) is 0 Å². The van der Waals surface area contributed by atoms with E-state index in [2.05, 4.69) is 26.2 Å². The molecular formula is C19H18BrN3O2. The van der Waals surface area contributed by atoms with Crippen molar-refractivity contribution in [3.8, 4) is 0 Å². The normalized spacial score (nSPS) is 15.6. The second-order valence-corrected chi connectivity index (χ2v) is 7.42. The van der Waals surface area contributed by atoms with Gasteiger partial charge in [-0.3, -0.25) is 14.0 Å². The van der Waals surface area contributed by atoms with Crippen molar-refractivity contribution in [1.29, 1.82) is 0 Å². The molecule has 5 nitrogen and oxygen atoms in total. The summed E-state index contributed by atoms with van der Waals surface area (Å²) in [4.78, 5) is 30.1. The number of amides is 1. The minimum absolute atomic E-state index is 0.159. The van der Waals surface area contributed by atoms with Gasteiger partial charge < -0.3 is 5.32 Å². The fourth-order valence-corrected chi connectivity index (χ4v) is 3.85. The highest BCUT2D eigenvalue weighted by molar-refractivity contribution is 9.10. The van der Waals surface area contributed by atoms with Crippen molar-refractivity contribution in [2.45, 2.75) is 38.1 Å². The standard InChI is InChI=1S/C19H18BrN3O2/c20-12-8-9-16-15(11-12)19(25)23-10-4-7-14(17(23)22-16)18(24)21-13-5-2-1-3-6-13/h4,7-11,13H,1-3,5-6H2,(H,21,24). The van der Waals surface area contributed by atoms with E-state index >= 15 is 0 Å². The molecule has 128 valence electrons. The Morgan fingerprint density at radius 1 is 1.20 bits per heavy atom. The molecule has 1 N–H and O–H groups in total. The summed E-state index contributed by atoms with van der Waals surface area (Å²) in [5.74, 6) is -0.159. The van der Waals surface area contributed by atoms with E-state index in [1.54, 1.807) is 30.5 Å². The van der Waals surface area contributed by atoms with Gasteiger partial charge in [0.25, 0.3) is 11.5 Å². The van der Waals surface area contributed by atoms with Crippen LogP contribution in [0.5, 0.6) is 0 Å². The van der Waals surface area contributed by atoms with Crippen LogP contribution in [-0.4, -0.2) is 21.3 Å². The van der Waals surface area contributed by atoms with Crippen LogP contribution in [0.3, 0.4) is 0 Å². The molecule has 1 fully saturated rings. The van der Waals surface area contributed by atoms with Crippen LogP contribution in [0.15, 0.2) is 45.8 Å². The lowest BCUT2D eigenvalue weighted by atomic mass is 9.95. The monoisotopic (exact) mass is 399 g/mol. The highest BCUT2D eigenvalue weighted by atomic mass is 79.9. The lowest BCUT2D eigenvalue weighted by Gasteiger charge is -2.23. The first-order chi connectivity index (χ1) is 12.1. The summed E-state index contributed by atoms with van der Waals surface area (Å²) in [5, 5.41) is 3.63. The number of fused-ring (bicyclic) bond motifs is 2. The second-order valence-electron chi connectivity index (χ2n) is 6.50. The molecule has 0 unspecified atom stereocenters. The Morgan fingerprint density at radius 2 is 2.00 bits per heavy atom. The van der Waals surface area contributed by atoms with E-state index in [0.29, 0.717) is 22.1 Å². The molecule has 1 aromatic carbocycles. The second kappa shape index (κ2) is 6.59. The molecule has 1 amide bonds. The van der Waals surface area contributed by atoms with Crippen LogP contribution in [0.25, 0.3) is 16.6 Å². The SMILES string of the molecule is O=C(NC1CCCCC1)c1cccn2c(=O)c3cc(Br)ccc3nc12. The number of carbonyl (C=O) groups is 1. The minimum Gasteiger partial charge on any atom is -0.349 e. The molecule has 0 bridgehead atoms. The van der Waals surface area contributed by atoms with Crippen molar-refractivity contribution < 1.29 is 4.79 Å². The number of rotatable bonds is 2. The Bertz CT molecular complexity index is 1020. The molecule has 2 heterocycles. The molecule has 0 aliphatic heterocycles. The zero-order chi connectivity index (χ0) is 17.4. The Balaban J connectivity index is 1.81. The topological polar surface area (TPSA) is 63.5 Å². The molecule has 1 aliphatic rings. The van der Waals surface area contributed by atoms with Crippen molar-refractivity contribution in [2.24, 2.45) is 0 Å². The van der Waals surface area contributed by atoms with Gasteiger partial charge in [-0.05, 0) is 43.2 Å². The maximum atomic E-state index is 12.8. The summed E-state index contributed by atoms with van der Waals surface area (Å²) >= 11 is 3.38. The van der Waals surface area contributed by atoms with Crippen LogP contribution >= 0.6 is 15.9 Å². The van der Waals surface area contributed by atoms with Gasteiger partial charge in [0.2, 0.25) is 0 Å². The molecule has 1 saturated carbocycles. The predicted octanol–water partition coefficient (Wildman–Crippen LogP) is 3.67. The summed E-state index contributed by atoms with van der Waals surface area (Å²) < 4.78 is 2.27. The van der Waals surface area contributed by atoms with E-state index in [9.17, 15) is 9.59 Å². The van der Waals surface area contributed by atoms with E-state index < -0.39 is 0 Å². The Labute approximate surface area is 153 Å². The minimum atomic E-state index is -0.173. The third kappa shape index (κ3) is 3.06. The van der Waals surface area contributed by atoms with Gasteiger partial charge in [0.15, 0.2) is 5.65 Å². The first kappa shape index (κ1) is 16.3. The number of pyridine rings is 1. The van der Waals surface area contributed by atoms with Gasteiger partial charge in [0.1, 0.15) is 0 Å². The zero-order valence-electron chi connectivity index (χ0n) is 13.7. The summed E-state index contributed by atoms with van der Waals surface area (Å²) in [6.45, 7) is 0. The highest BCUT2D eigenvalue weighted by Crippen LogP contribution is 2.20. The van der Waals surface area contributed by atoms with Crippen LogP contribution in [0.1, 0.15) is 42.5 Å². The molecule has 1 aliphatic carbocycles. The molecule has 0 atom stereocenters. The maximum absolute atomic E-state index is 12.8. The third-order valence-electron chi connectivity index (χ3n) is 4.79. The lowest BCUT2D eigenvalue weighted by molar-refractivity contribution is 0.0929. The van der Waals surface area contributed by atoms with Crippen molar-refractivity contribution in [2.75, 3.05) is 0 Å². The van der Waals surface area contributed by atoms with Crippen molar-refractivity contribution >= 4 is 38.4 Å². The van der Waals surface area contributed by atoms with Gasteiger partial charge in [-0.25, -0.2) is 4.98 Å². The van der Waals surface area contributed by atoms with Crippen LogP contribution < -0.4 is 10.9 Å². The van der Waals surface area contributed by atoms with Gasteiger partial charge in [-0.15, -0.1) is 0 Å². The van der Waals surface area contributed by atoms with E-state index in [-0.39, 0.29) is 17.5 Å². The predicted molar refractivity (Wildman–Crippen MR) is 101 cm³/mol. The molecular weight excluding hydrogens is 382 g/mol. The number of nitrogens with one attached hydrogen (secondary N) is 1. The molecule has 0 saturated heterocycles. The Hall–Kier alpha value is -2.21. The zero-order valence-corrected chi connectivity index (χ0v) is 15.3. The fraction of sp³-hybridized carbons (Fsp3) is 0.316. The number of hydrogen-bond acceptors (Lipinski definition) is 3. The number of hydrogen-bond donors (Lipinski definition) is 1. The first-order valence-electron chi connectivity index (χ1n) is 8.55. The largest absolute Gasteiger partial charge is 0.349 e. The van der Waals surface area contributed by atoms with E-state index in [4.69, 9.17) is 0 Å². The van der Waals surface area contributed by atoms with Crippen molar-refractivity contribution in [1.82, 2.24) is 14.7 Å². The summed E-state index contributed by atoms with van der Waals surface area (Å²) in [6.07, 6.45) is 7.22. The van der Waals surface area contributed by atoms with Crippen LogP contribution in [0.4, 0.5) is 0 Å². The molecule has 2 aromatic heterocycles. The summed E-state index contributed by atoms with van der Waals surface area (Å²) in [5.41, 5.74) is 1.25. The van der Waals surface area contributed by atoms with Gasteiger partial charge in [0, 0.05) is 16.7 Å². The van der Waals surface area contributed by atoms with Gasteiger partial charge in [-0.1, -0.05) is 35.2 Å². The van der Waals surface area contributed by atoms with E-state index in [0.717, 1.165) is 30.2 Å². The van der Waals surface area contributed by atoms with Crippen LogP contribution in [-0.2, 0) is 0 Å². The fourth-order valence-electron chi connectivity index (χ4n) is 3.49. The average molecular weight is 400 g/mol. The molecule has 3 aromatic rings. The molecule has 0 spiro atoms. The third-order valence-corrected chi connectivity index (χ3v) is 5.28. The van der Waals surface area contributed by atoms with Crippen LogP contribution in [0, 0.1) is 0 Å². The number of halogens is 1. The summed E-state index contributed by atoms with van der Waals surface area (Å²) in [7, 11) is 0. The van der Waals surface area contributed by atoms with Gasteiger partial charge in [0.05, 0.1) is 16.5 Å². The average Bonchev–Trinajstić information content (AvgIpc) is 2.63. The van der Waals surface area contributed by atoms with Crippen molar-refractivity contribution in [3.63, 3.8) is 0 Å². The quantitative estimate of drug-likeness (QED) is 0.668. The van der Waals surface area contributed by atoms with E-state index in [1.165, 1.54) is 10.8 Å². The van der Waals surface area contributed by atoms with Crippen molar-refractivity contribution in [3.05, 3.63) is 56.9 Å². The smallest absolute Gasteiger partial charge is 0.265 e. The molecule has 25 heavy (non-hydrogen) atoms. The van der Waals surface area contributed by atoms with Gasteiger partial charge >= 0.3 is 0 Å². The number of benzene rings is 1. The number of nitrogens with zero attached hydrogens (tertiary/aromatic N) is 2. The molecule has 0 radical (unpaired) electrons. The lowest BCUT2D eigenvalue weighted by Crippen LogP contribution is -2.36. The highest BCUT2D eigenvalue weighted by Gasteiger charge is 2.19. The van der Waals surface area contributed by atoms with E-state index in [1.807, 2.05) is 6.07 Å². The van der Waals surface area contributed by atoms with Crippen LogP contribution in [0.2, 0.25) is 0 Å². The maximum Gasteiger partial charge on any atom is 0.265 e. The Kier molecular flexibility index (Phi) is 4.29. The summed E-state index contributed by atoms with van der Waals surface area (Å²) in [6, 6.07) is 9.04. The molecule has 4 rings (SSSR count). The number of carbonyl (C=O) groups excluding carboxylic acids is 1. The molecule has 6 heteroatoms. The first-order valence-corrected chi connectivity index (χ1v) is 9.34.